The Morgan fingerprint density at radius 2 is 2.29 bits per heavy atom. The summed E-state index contributed by atoms with van der Waals surface area (Å²) in [6, 6.07) is 0. The van der Waals surface area contributed by atoms with Crippen molar-refractivity contribution < 1.29 is 4.79 Å². The van der Waals surface area contributed by atoms with Crippen LogP contribution in [-0.4, -0.2) is 11.2 Å². The van der Waals surface area contributed by atoms with Crippen molar-refractivity contribution >= 4 is 23.4 Å². The minimum atomic E-state index is -0.171. The second-order valence-electron chi connectivity index (χ2n) is 1.45. The van der Waals surface area contributed by atoms with Crippen molar-refractivity contribution in [3.05, 3.63) is 0 Å². The van der Waals surface area contributed by atoms with E-state index in [2.05, 4.69) is 17.6 Å². The van der Waals surface area contributed by atoms with E-state index in [-0.39, 0.29) is 11.7 Å². The lowest BCUT2D eigenvalue weighted by molar-refractivity contribution is -0.118. The highest BCUT2D eigenvalue weighted by molar-refractivity contribution is 7.79. The maximum absolute atomic E-state index is 10.2. The number of ketones is 1. The van der Waals surface area contributed by atoms with Gasteiger partial charge in [-0.3, -0.25) is 4.79 Å². The zero-order chi connectivity index (χ0) is 5.86. The molecule has 7 heavy (non-hydrogen) atoms. The van der Waals surface area contributed by atoms with Gasteiger partial charge in [0.2, 0.25) is 0 Å². The molecule has 0 aromatic heterocycles. The van der Waals surface area contributed by atoms with Gasteiger partial charge in [-0.25, -0.2) is 0 Å². The molecule has 0 aliphatic carbocycles. The Kier molecular flexibility index (Phi) is 2.76. The standard InChI is InChI=1S/C5H7OS/c1-4(3-7)5(2)6/h4H,1-2H3. The summed E-state index contributed by atoms with van der Waals surface area (Å²) in [6.07, 6.45) is 0. The van der Waals surface area contributed by atoms with Crippen LogP contribution in [-0.2, 0) is 4.79 Å². The van der Waals surface area contributed by atoms with Crippen LogP contribution in [0.3, 0.4) is 0 Å². The molecule has 0 aromatic carbocycles. The molecule has 0 aromatic rings. The van der Waals surface area contributed by atoms with Crippen molar-refractivity contribution in [2.24, 2.45) is 5.92 Å². The molecule has 1 radical (unpaired) electrons. The van der Waals surface area contributed by atoms with Crippen molar-refractivity contribution in [3.63, 3.8) is 0 Å². The first-order chi connectivity index (χ1) is 3.18. The predicted octanol–water partition coefficient (Wildman–Crippen LogP) is 1.09. The SMILES string of the molecule is CC(=O)C(C)[C]=S. The second kappa shape index (κ2) is 2.86. The lowest BCUT2D eigenvalue weighted by Gasteiger charge is -1.91. The Bertz CT molecular complexity index is 88.1. The van der Waals surface area contributed by atoms with Crippen LogP contribution < -0.4 is 0 Å². The van der Waals surface area contributed by atoms with Crippen LogP contribution in [0.1, 0.15) is 13.8 Å². The maximum atomic E-state index is 10.2. The number of thiocarbonyl (C=S) groups is 1. The van der Waals surface area contributed by atoms with Crippen LogP contribution in [0.4, 0.5) is 0 Å². The molecule has 0 saturated heterocycles. The van der Waals surface area contributed by atoms with Crippen molar-refractivity contribution in [1.29, 1.82) is 0 Å². The molecule has 1 unspecified atom stereocenters. The molecule has 0 bridgehead atoms. The zero-order valence-electron chi connectivity index (χ0n) is 4.39. The molecule has 0 aliphatic rings. The molecule has 0 N–H and O–H groups in total. The molecule has 1 nitrogen and oxygen atoms in total. The van der Waals surface area contributed by atoms with Gasteiger partial charge in [0.05, 0.1) is 5.92 Å². The Labute approximate surface area is 48.7 Å². The average molecular weight is 115 g/mol. The molecular formula is C5H7OS. The molecule has 0 saturated carbocycles. The van der Waals surface area contributed by atoms with Gasteiger partial charge >= 0.3 is 0 Å². The largest absolute Gasteiger partial charge is 0.299 e. The first kappa shape index (κ1) is 6.76. The van der Waals surface area contributed by atoms with E-state index in [1.165, 1.54) is 6.92 Å². The van der Waals surface area contributed by atoms with E-state index in [0.29, 0.717) is 0 Å². The van der Waals surface area contributed by atoms with E-state index in [1.807, 2.05) is 0 Å². The molecule has 0 fully saturated rings. The lowest BCUT2D eigenvalue weighted by atomic mass is 10.1. The third kappa shape index (κ3) is 2.45. The second-order valence-corrected chi connectivity index (χ2v) is 1.69. The van der Waals surface area contributed by atoms with Gasteiger partial charge in [0, 0.05) is 5.37 Å². The van der Waals surface area contributed by atoms with Crippen molar-refractivity contribution in [3.8, 4) is 0 Å². The summed E-state index contributed by atoms with van der Waals surface area (Å²) >= 11 is 4.38. The van der Waals surface area contributed by atoms with E-state index in [0.717, 1.165) is 0 Å². The smallest absolute Gasteiger partial charge is 0.137 e. The van der Waals surface area contributed by atoms with Gasteiger partial charge in [0.1, 0.15) is 5.78 Å². The summed E-state index contributed by atoms with van der Waals surface area (Å²) in [7, 11) is 0. The maximum Gasteiger partial charge on any atom is 0.137 e. The molecule has 0 amide bonds. The topological polar surface area (TPSA) is 17.1 Å². The van der Waals surface area contributed by atoms with Gasteiger partial charge in [0.15, 0.2) is 0 Å². The first-order valence-corrected chi connectivity index (χ1v) is 2.47. The number of carbonyl (C=O) groups is 1. The normalized spacial score (nSPS) is 12.9. The van der Waals surface area contributed by atoms with Gasteiger partial charge in [-0.1, -0.05) is 19.1 Å². The van der Waals surface area contributed by atoms with Crippen molar-refractivity contribution in [2.75, 3.05) is 0 Å². The number of hydrogen-bond donors (Lipinski definition) is 0. The van der Waals surface area contributed by atoms with Crippen LogP contribution in [0, 0.1) is 5.92 Å². The molecule has 39 valence electrons. The minimum absolute atomic E-state index is 0.0787. The molecule has 1 atom stereocenters. The van der Waals surface area contributed by atoms with E-state index in [9.17, 15) is 4.79 Å². The highest BCUT2D eigenvalue weighted by Crippen LogP contribution is 1.89. The fraction of sp³-hybridized carbons (Fsp3) is 0.600. The Morgan fingerprint density at radius 1 is 1.86 bits per heavy atom. The van der Waals surface area contributed by atoms with Gasteiger partial charge in [-0.15, -0.1) is 0 Å². The third-order valence-corrected chi connectivity index (χ3v) is 1.14. The molecule has 0 aliphatic heterocycles. The monoisotopic (exact) mass is 115 g/mol. The van der Waals surface area contributed by atoms with Crippen LogP contribution in [0.2, 0.25) is 0 Å². The highest BCUT2D eigenvalue weighted by atomic mass is 32.1. The number of hydrogen-bond acceptors (Lipinski definition) is 2. The van der Waals surface area contributed by atoms with Crippen LogP contribution >= 0.6 is 12.2 Å². The van der Waals surface area contributed by atoms with Gasteiger partial charge in [-0.05, 0) is 6.92 Å². The van der Waals surface area contributed by atoms with E-state index < -0.39 is 0 Å². The summed E-state index contributed by atoms with van der Waals surface area (Å²) < 4.78 is 0. The summed E-state index contributed by atoms with van der Waals surface area (Å²) in [5.41, 5.74) is 0. The third-order valence-electron chi connectivity index (χ3n) is 0.787. The molecule has 0 spiro atoms. The van der Waals surface area contributed by atoms with Crippen molar-refractivity contribution in [1.82, 2.24) is 0 Å². The first-order valence-electron chi connectivity index (χ1n) is 2.06. The van der Waals surface area contributed by atoms with Crippen molar-refractivity contribution in [2.45, 2.75) is 13.8 Å². The van der Waals surface area contributed by atoms with E-state index in [1.54, 1.807) is 6.92 Å². The summed E-state index contributed by atoms with van der Waals surface area (Å²) in [5, 5.41) is 2.40. The van der Waals surface area contributed by atoms with E-state index in [4.69, 9.17) is 0 Å². The number of rotatable bonds is 2. The molecule has 0 heterocycles. The van der Waals surface area contributed by atoms with E-state index >= 15 is 0 Å². The quantitative estimate of drug-likeness (QED) is 0.501. The predicted molar refractivity (Wildman–Crippen MR) is 32.4 cm³/mol. The Balaban J connectivity index is 3.55. The fourth-order valence-electron chi connectivity index (χ4n) is 0.0830. The fourth-order valence-corrected chi connectivity index (χ4v) is 0.249. The van der Waals surface area contributed by atoms with Crippen LogP contribution in [0.5, 0.6) is 0 Å². The zero-order valence-corrected chi connectivity index (χ0v) is 5.21. The number of Topliss-reactive ketones (excluding diaryl/α,β-unsaturated/α-hetero) is 1. The molecular weight excluding hydrogens is 108 g/mol. The molecule has 0 rings (SSSR count). The lowest BCUT2D eigenvalue weighted by Crippen LogP contribution is -2.04. The van der Waals surface area contributed by atoms with Crippen LogP contribution in [0.25, 0.3) is 0 Å². The summed E-state index contributed by atoms with van der Waals surface area (Å²) in [6.45, 7) is 3.24. The summed E-state index contributed by atoms with van der Waals surface area (Å²) in [4.78, 5) is 10.2. The van der Waals surface area contributed by atoms with Gasteiger partial charge in [-0.2, -0.15) is 0 Å². The van der Waals surface area contributed by atoms with Gasteiger partial charge in [0.25, 0.3) is 0 Å². The van der Waals surface area contributed by atoms with Crippen LogP contribution in [0.15, 0.2) is 0 Å². The Morgan fingerprint density at radius 3 is 2.29 bits per heavy atom. The van der Waals surface area contributed by atoms with Gasteiger partial charge < -0.3 is 0 Å². The Hall–Kier alpha value is -0.240. The average Bonchev–Trinajstić information content (AvgIpc) is 1.65. The minimum Gasteiger partial charge on any atom is -0.299 e. The summed E-state index contributed by atoms with van der Waals surface area (Å²) in [5.74, 6) is -0.0926. The highest BCUT2D eigenvalue weighted by Gasteiger charge is 2.00. The molecule has 2 heteroatoms. The number of carbonyl (C=O) groups excluding carboxylic acids is 1.